The Morgan fingerprint density at radius 2 is 1.78 bits per heavy atom. The minimum Gasteiger partial charge on any atom is -0.309 e. The molecule has 0 aromatic heterocycles. The Hall–Kier alpha value is -1.09. The molecule has 0 aliphatic carbocycles. The predicted molar refractivity (Wildman–Crippen MR) is 76.0 cm³/mol. The first-order valence-corrected chi connectivity index (χ1v) is 5.77. The molecule has 0 saturated carbocycles. The molecule has 2 rings (SSSR count). The van der Waals surface area contributed by atoms with E-state index in [9.17, 15) is 4.39 Å². The predicted octanol–water partition coefficient (Wildman–Crippen LogP) is 4.21. The fourth-order valence-corrected chi connectivity index (χ4v) is 2.16. The van der Waals surface area contributed by atoms with Crippen LogP contribution in [0.1, 0.15) is 17.2 Å². The molecule has 0 amide bonds. The quantitative estimate of drug-likeness (QED) is 0.891. The Morgan fingerprint density at radius 3 is 2.33 bits per heavy atom. The highest BCUT2D eigenvalue weighted by atomic mass is 35.5. The van der Waals surface area contributed by atoms with Crippen LogP contribution < -0.4 is 5.32 Å². The second kappa shape index (κ2) is 6.74. The van der Waals surface area contributed by atoms with E-state index in [4.69, 9.17) is 11.6 Å². The lowest BCUT2D eigenvalue weighted by molar-refractivity contribution is 0.623. The SMILES string of the molecule is CNC(c1ccccc1)c1ccc(F)cc1Cl.Cl. The maximum Gasteiger partial charge on any atom is 0.124 e. The van der Waals surface area contributed by atoms with Crippen LogP contribution in [0.5, 0.6) is 0 Å². The normalized spacial score (nSPS) is 11.7. The standard InChI is InChI=1S/C14H13ClFN.ClH/c1-17-14(10-5-3-2-4-6-10)12-8-7-11(16)9-13(12)15;/h2-9,14,17H,1H3;1H. The van der Waals surface area contributed by atoms with Crippen molar-refractivity contribution in [2.24, 2.45) is 0 Å². The maximum absolute atomic E-state index is 13.0. The second-order valence-corrected chi connectivity index (χ2v) is 4.21. The number of rotatable bonds is 3. The van der Waals surface area contributed by atoms with Gasteiger partial charge in [-0.05, 0) is 30.3 Å². The van der Waals surface area contributed by atoms with Gasteiger partial charge in [0.25, 0.3) is 0 Å². The number of nitrogens with one attached hydrogen (secondary N) is 1. The van der Waals surface area contributed by atoms with Gasteiger partial charge in [-0.3, -0.25) is 0 Å². The molecular weight excluding hydrogens is 272 g/mol. The zero-order valence-corrected chi connectivity index (χ0v) is 11.4. The number of hydrogen-bond donors (Lipinski definition) is 1. The monoisotopic (exact) mass is 285 g/mol. The van der Waals surface area contributed by atoms with Crippen molar-refractivity contribution in [3.63, 3.8) is 0 Å². The van der Waals surface area contributed by atoms with Crippen LogP contribution in [-0.4, -0.2) is 7.05 Å². The van der Waals surface area contributed by atoms with Crippen molar-refractivity contribution in [1.29, 1.82) is 0 Å². The summed E-state index contributed by atoms with van der Waals surface area (Å²) in [5.74, 6) is -0.318. The van der Waals surface area contributed by atoms with Crippen LogP contribution in [0.3, 0.4) is 0 Å². The van der Waals surface area contributed by atoms with E-state index in [2.05, 4.69) is 5.32 Å². The highest BCUT2D eigenvalue weighted by Gasteiger charge is 2.14. The van der Waals surface area contributed by atoms with Gasteiger partial charge in [-0.1, -0.05) is 48.0 Å². The van der Waals surface area contributed by atoms with Crippen LogP contribution in [0, 0.1) is 5.82 Å². The number of hydrogen-bond acceptors (Lipinski definition) is 1. The average Bonchev–Trinajstić information content (AvgIpc) is 2.34. The second-order valence-electron chi connectivity index (χ2n) is 3.80. The molecule has 4 heteroatoms. The van der Waals surface area contributed by atoms with Gasteiger partial charge in [0, 0.05) is 5.02 Å². The molecule has 1 nitrogen and oxygen atoms in total. The largest absolute Gasteiger partial charge is 0.309 e. The van der Waals surface area contributed by atoms with Crippen LogP contribution >= 0.6 is 24.0 Å². The molecule has 0 heterocycles. The average molecular weight is 286 g/mol. The summed E-state index contributed by atoms with van der Waals surface area (Å²) in [5, 5.41) is 3.63. The lowest BCUT2D eigenvalue weighted by atomic mass is 9.99. The molecule has 0 radical (unpaired) electrons. The van der Waals surface area contributed by atoms with Gasteiger partial charge in [0.2, 0.25) is 0 Å². The molecule has 1 N–H and O–H groups in total. The summed E-state index contributed by atoms with van der Waals surface area (Å²) in [6, 6.07) is 14.4. The van der Waals surface area contributed by atoms with E-state index in [1.54, 1.807) is 6.07 Å². The summed E-state index contributed by atoms with van der Waals surface area (Å²) in [4.78, 5) is 0. The first kappa shape index (κ1) is 15.0. The summed E-state index contributed by atoms with van der Waals surface area (Å²) in [5.41, 5.74) is 1.98. The van der Waals surface area contributed by atoms with Crippen LogP contribution in [0.2, 0.25) is 5.02 Å². The van der Waals surface area contributed by atoms with Crippen molar-refractivity contribution in [2.75, 3.05) is 7.05 Å². The van der Waals surface area contributed by atoms with E-state index < -0.39 is 0 Å². The summed E-state index contributed by atoms with van der Waals surface area (Å²) < 4.78 is 13.0. The van der Waals surface area contributed by atoms with E-state index in [0.717, 1.165) is 11.1 Å². The first-order valence-electron chi connectivity index (χ1n) is 5.39. The van der Waals surface area contributed by atoms with Gasteiger partial charge in [-0.25, -0.2) is 4.39 Å². The zero-order chi connectivity index (χ0) is 12.3. The molecule has 18 heavy (non-hydrogen) atoms. The molecule has 0 saturated heterocycles. The van der Waals surface area contributed by atoms with Crippen molar-refractivity contribution in [3.8, 4) is 0 Å². The number of halogens is 3. The fourth-order valence-electron chi connectivity index (χ4n) is 1.88. The zero-order valence-electron chi connectivity index (χ0n) is 9.86. The van der Waals surface area contributed by atoms with E-state index in [1.807, 2.05) is 37.4 Å². The molecular formula is C14H14Cl2FN. The number of benzene rings is 2. The van der Waals surface area contributed by atoms with E-state index in [0.29, 0.717) is 5.02 Å². The molecule has 2 aromatic rings. The molecule has 0 aliphatic heterocycles. The lowest BCUT2D eigenvalue weighted by Gasteiger charge is -2.18. The van der Waals surface area contributed by atoms with Crippen LogP contribution in [0.4, 0.5) is 4.39 Å². The molecule has 0 spiro atoms. The highest BCUT2D eigenvalue weighted by molar-refractivity contribution is 6.31. The summed E-state index contributed by atoms with van der Waals surface area (Å²) in [6.07, 6.45) is 0. The topological polar surface area (TPSA) is 12.0 Å². The summed E-state index contributed by atoms with van der Waals surface area (Å²) in [6.45, 7) is 0. The third kappa shape index (κ3) is 3.22. The third-order valence-electron chi connectivity index (χ3n) is 2.70. The first-order chi connectivity index (χ1) is 8.22. The minimum atomic E-state index is -0.318. The highest BCUT2D eigenvalue weighted by Crippen LogP contribution is 2.28. The summed E-state index contributed by atoms with van der Waals surface area (Å²) >= 11 is 6.07. The van der Waals surface area contributed by atoms with E-state index >= 15 is 0 Å². The van der Waals surface area contributed by atoms with Gasteiger partial charge in [-0.15, -0.1) is 12.4 Å². The van der Waals surface area contributed by atoms with Gasteiger partial charge in [-0.2, -0.15) is 0 Å². The van der Waals surface area contributed by atoms with Crippen molar-refractivity contribution in [2.45, 2.75) is 6.04 Å². The Bertz CT molecular complexity index is 502. The van der Waals surface area contributed by atoms with Gasteiger partial charge >= 0.3 is 0 Å². The molecule has 2 aromatic carbocycles. The van der Waals surface area contributed by atoms with Gasteiger partial charge in [0.05, 0.1) is 6.04 Å². The molecule has 0 bridgehead atoms. The van der Waals surface area contributed by atoms with E-state index in [1.165, 1.54) is 12.1 Å². The summed E-state index contributed by atoms with van der Waals surface area (Å²) in [7, 11) is 1.86. The van der Waals surface area contributed by atoms with Crippen LogP contribution in [0.25, 0.3) is 0 Å². The molecule has 96 valence electrons. The Labute approximate surface area is 117 Å². The van der Waals surface area contributed by atoms with Gasteiger partial charge in [0.1, 0.15) is 5.82 Å². The fraction of sp³-hybridized carbons (Fsp3) is 0.143. The minimum absolute atomic E-state index is 0. The van der Waals surface area contributed by atoms with E-state index in [-0.39, 0.29) is 24.3 Å². The smallest absolute Gasteiger partial charge is 0.124 e. The molecule has 1 unspecified atom stereocenters. The Balaban J connectivity index is 0.00000162. The molecule has 0 aliphatic rings. The van der Waals surface area contributed by atoms with Gasteiger partial charge < -0.3 is 5.32 Å². The Morgan fingerprint density at radius 1 is 1.11 bits per heavy atom. The van der Waals surface area contributed by atoms with Crippen LogP contribution in [0.15, 0.2) is 48.5 Å². The molecule has 1 atom stereocenters. The Kier molecular flexibility index (Phi) is 5.60. The molecule has 0 fully saturated rings. The maximum atomic E-state index is 13.0. The van der Waals surface area contributed by atoms with Gasteiger partial charge in [0.15, 0.2) is 0 Å². The van der Waals surface area contributed by atoms with Crippen molar-refractivity contribution < 1.29 is 4.39 Å². The third-order valence-corrected chi connectivity index (χ3v) is 3.02. The van der Waals surface area contributed by atoms with Crippen molar-refractivity contribution in [1.82, 2.24) is 5.32 Å². The van der Waals surface area contributed by atoms with Crippen molar-refractivity contribution in [3.05, 3.63) is 70.5 Å². The van der Waals surface area contributed by atoms with Crippen molar-refractivity contribution >= 4 is 24.0 Å². The van der Waals surface area contributed by atoms with Crippen LogP contribution in [-0.2, 0) is 0 Å². The lowest BCUT2D eigenvalue weighted by Crippen LogP contribution is -2.18.